The molecule has 6 nitrogen and oxygen atoms in total. The van der Waals surface area contributed by atoms with Crippen molar-refractivity contribution >= 4 is 16.9 Å². The fraction of sp³-hybridized carbons (Fsp3) is 0.304. The Hall–Kier alpha value is -3.12. The van der Waals surface area contributed by atoms with Gasteiger partial charge >= 0.3 is 5.97 Å². The van der Waals surface area contributed by atoms with Crippen LogP contribution in [-0.2, 0) is 22.7 Å². The van der Waals surface area contributed by atoms with E-state index in [1.807, 2.05) is 17.6 Å². The maximum atomic E-state index is 13.0. The number of pyridine rings is 1. The summed E-state index contributed by atoms with van der Waals surface area (Å²) >= 11 is 0. The van der Waals surface area contributed by atoms with E-state index < -0.39 is 5.97 Å². The number of aromatic nitrogens is 1. The Bertz CT molecular complexity index is 1210. The molecule has 2 aliphatic heterocycles. The average molecular weight is 391 g/mol. The van der Waals surface area contributed by atoms with Crippen LogP contribution in [0.15, 0.2) is 41.3 Å². The van der Waals surface area contributed by atoms with E-state index in [9.17, 15) is 9.59 Å². The second-order valence-corrected chi connectivity index (χ2v) is 7.47. The number of carbonyl (C=O) groups excluding carboxylic acids is 1. The fourth-order valence-electron chi connectivity index (χ4n) is 4.12. The zero-order valence-electron chi connectivity index (χ0n) is 16.4. The van der Waals surface area contributed by atoms with E-state index in [-0.39, 0.29) is 23.6 Å². The summed E-state index contributed by atoms with van der Waals surface area (Å²) in [5, 5.41) is 0.463. The first-order valence-electron chi connectivity index (χ1n) is 9.80. The zero-order valence-corrected chi connectivity index (χ0v) is 16.4. The standard InChI is InChI=1S/C23H21NO5/c1-3-28-23(26)19-9-24-13(2)10-29-22-17(6-7-18(20(22)24)21(19)25)14-4-5-15-11-27-12-16(15)8-14/h4-9,13H,3,10-12H2,1-2H3/t13-/m0/s1. The SMILES string of the molecule is CCOC(=O)c1cn2c3c(c(-c4ccc5c(c4)COC5)ccc3c1=O)OC[C@@H]2C. The van der Waals surface area contributed by atoms with Crippen molar-refractivity contribution in [3.8, 4) is 16.9 Å². The van der Waals surface area contributed by atoms with Crippen molar-refractivity contribution in [2.45, 2.75) is 33.1 Å². The van der Waals surface area contributed by atoms with E-state index in [0.29, 0.717) is 31.0 Å². The Morgan fingerprint density at radius 2 is 2.03 bits per heavy atom. The van der Waals surface area contributed by atoms with E-state index in [4.69, 9.17) is 14.2 Å². The van der Waals surface area contributed by atoms with Crippen LogP contribution in [0.2, 0.25) is 0 Å². The number of carbonyl (C=O) groups is 1. The van der Waals surface area contributed by atoms with Gasteiger partial charge in [0.15, 0.2) is 5.75 Å². The topological polar surface area (TPSA) is 66.8 Å². The number of benzene rings is 2. The lowest BCUT2D eigenvalue weighted by molar-refractivity contribution is 0.0523. The van der Waals surface area contributed by atoms with Crippen molar-refractivity contribution in [2.75, 3.05) is 13.2 Å². The van der Waals surface area contributed by atoms with Gasteiger partial charge in [0.05, 0.1) is 36.8 Å². The molecule has 0 unspecified atom stereocenters. The molecule has 0 N–H and O–H groups in total. The molecule has 3 aromatic rings. The molecule has 0 saturated carbocycles. The number of esters is 1. The molecule has 3 heterocycles. The maximum Gasteiger partial charge on any atom is 0.343 e. The highest BCUT2D eigenvalue weighted by molar-refractivity contribution is 5.98. The highest BCUT2D eigenvalue weighted by Crippen LogP contribution is 2.41. The lowest BCUT2D eigenvalue weighted by atomic mass is 9.97. The van der Waals surface area contributed by atoms with Gasteiger partial charge in [-0.3, -0.25) is 4.79 Å². The lowest BCUT2D eigenvalue weighted by Gasteiger charge is -2.28. The molecular weight excluding hydrogens is 370 g/mol. The number of ether oxygens (including phenoxy) is 3. The molecule has 0 fully saturated rings. The molecular formula is C23H21NO5. The molecule has 1 atom stereocenters. The summed E-state index contributed by atoms with van der Waals surface area (Å²) < 4.78 is 18.7. The molecule has 29 heavy (non-hydrogen) atoms. The molecule has 0 bridgehead atoms. The van der Waals surface area contributed by atoms with E-state index in [2.05, 4.69) is 18.2 Å². The zero-order chi connectivity index (χ0) is 20.1. The van der Waals surface area contributed by atoms with Gasteiger partial charge in [0.2, 0.25) is 5.43 Å². The first-order chi connectivity index (χ1) is 14.1. The molecule has 5 rings (SSSR count). The lowest BCUT2D eigenvalue weighted by Crippen LogP contribution is -2.27. The fourth-order valence-corrected chi connectivity index (χ4v) is 4.12. The number of rotatable bonds is 3. The summed E-state index contributed by atoms with van der Waals surface area (Å²) in [5.41, 5.74) is 4.77. The van der Waals surface area contributed by atoms with Crippen LogP contribution >= 0.6 is 0 Å². The molecule has 0 amide bonds. The van der Waals surface area contributed by atoms with Gasteiger partial charge in [0, 0.05) is 11.8 Å². The number of hydrogen-bond donors (Lipinski definition) is 0. The van der Waals surface area contributed by atoms with Gasteiger partial charge in [-0.25, -0.2) is 4.79 Å². The minimum absolute atomic E-state index is 0.0116. The smallest absolute Gasteiger partial charge is 0.343 e. The van der Waals surface area contributed by atoms with Crippen LogP contribution < -0.4 is 10.2 Å². The molecule has 148 valence electrons. The number of hydrogen-bond acceptors (Lipinski definition) is 5. The minimum Gasteiger partial charge on any atom is -0.489 e. The largest absolute Gasteiger partial charge is 0.489 e. The van der Waals surface area contributed by atoms with Crippen molar-refractivity contribution < 1.29 is 19.0 Å². The predicted octanol–water partition coefficient (Wildman–Crippen LogP) is 3.83. The van der Waals surface area contributed by atoms with Gasteiger partial charge in [-0.1, -0.05) is 12.1 Å². The number of fused-ring (bicyclic) bond motifs is 1. The third kappa shape index (κ3) is 2.75. The van der Waals surface area contributed by atoms with Crippen LogP contribution in [0.25, 0.3) is 22.0 Å². The van der Waals surface area contributed by atoms with Crippen LogP contribution in [0, 0.1) is 0 Å². The Morgan fingerprint density at radius 1 is 1.21 bits per heavy atom. The second kappa shape index (κ2) is 6.74. The highest BCUT2D eigenvalue weighted by Gasteiger charge is 2.27. The average Bonchev–Trinajstić information content (AvgIpc) is 3.19. The van der Waals surface area contributed by atoms with Crippen LogP contribution in [-0.4, -0.2) is 23.8 Å². The van der Waals surface area contributed by atoms with Gasteiger partial charge in [0.25, 0.3) is 0 Å². The monoisotopic (exact) mass is 391 g/mol. The van der Waals surface area contributed by atoms with Gasteiger partial charge in [-0.15, -0.1) is 0 Å². The summed E-state index contributed by atoms with van der Waals surface area (Å²) in [4.78, 5) is 25.3. The van der Waals surface area contributed by atoms with Crippen LogP contribution in [0.4, 0.5) is 0 Å². The summed E-state index contributed by atoms with van der Waals surface area (Å²) in [5.74, 6) is 0.0815. The predicted molar refractivity (Wildman–Crippen MR) is 108 cm³/mol. The summed E-state index contributed by atoms with van der Waals surface area (Å²) in [7, 11) is 0. The van der Waals surface area contributed by atoms with Crippen molar-refractivity contribution in [2.24, 2.45) is 0 Å². The first kappa shape index (κ1) is 17.9. The second-order valence-electron chi connectivity index (χ2n) is 7.47. The van der Waals surface area contributed by atoms with Crippen LogP contribution in [0.3, 0.4) is 0 Å². The molecule has 1 aromatic heterocycles. The van der Waals surface area contributed by atoms with Crippen molar-refractivity contribution in [3.05, 3.63) is 63.4 Å². The van der Waals surface area contributed by atoms with Gasteiger partial charge < -0.3 is 18.8 Å². The normalized spacial score (nSPS) is 17.1. The molecule has 2 aromatic carbocycles. The quantitative estimate of drug-likeness (QED) is 0.635. The Kier molecular flexibility index (Phi) is 4.17. The summed E-state index contributed by atoms with van der Waals surface area (Å²) in [6, 6.07) is 9.92. The molecule has 0 spiro atoms. The Labute approximate surface area is 167 Å². The molecule has 0 aliphatic carbocycles. The van der Waals surface area contributed by atoms with Gasteiger partial charge in [-0.2, -0.15) is 0 Å². The Balaban J connectivity index is 1.75. The van der Waals surface area contributed by atoms with Crippen molar-refractivity contribution in [1.29, 1.82) is 0 Å². The summed E-state index contributed by atoms with van der Waals surface area (Å²) in [6.07, 6.45) is 1.61. The highest BCUT2D eigenvalue weighted by atomic mass is 16.5. The Morgan fingerprint density at radius 3 is 2.86 bits per heavy atom. The van der Waals surface area contributed by atoms with Gasteiger partial charge in [0.1, 0.15) is 12.2 Å². The van der Waals surface area contributed by atoms with E-state index in [1.54, 1.807) is 19.2 Å². The van der Waals surface area contributed by atoms with E-state index in [1.165, 1.54) is 11.1 Å². The summed E-state index contributed by atoms with van der Waals surface area (Å²) in [6.45, 7) is 5.66. The first-order valence-corrected chi connectivity index (χ1v) is 9.80. The minimum atomic E-state index is -0.592. The van der Waals surface area contributed by atoms with Crippen LogP contribution in [0.1, 0.15) is 41.4 Å². The maximum absolute atomic E-state index is 13.0. The molecule has 0 radical (unpaired) electrons. The van der Waals surface area contributed by atoms with E-state index in [0.717, 1.165) is 16.6 Å². The molecule has 6 heteroatoms. The van der Waals surface area contributed by atoms with Crippen LogP contribution in [0.5, 0.6) is 5.75 Å². The third-order valence-electron chi connectivity index (χ3n) is 5.62. The van der Waals surface area contributed by atoms with Crippen molar-refractivity contribution in [3.63, 3.8) is 0 Å². The van der Waals surface area contributed by atoms with Gasteiger partial charge in [-0.05, 0) is 48.7 Å². The molecule has 0 saturated heterocycles. The number of nitrogens with zero attached hydrogens (tertiary/aromatic N) is 1. The molecule has 2 aliphatic rings. The van der Waals surface area contributed by atoms with Crippen molar-refractivity contribution in [1.82, 2.24) is 4.57 Å². The third-order valence-corrected chi connectivity index (χ3v) is 5.62. The van der Waals surface area contributed by atoms with E-state index >= 15 is 0 Å².